The number of amides is 1. The van der Waals surface area contributed by atoms with Crippen molar-refractivity contribution in [2.45, 2.75) is 19.4 Å². The molecule has 0 aliphatic rings. The van der Waals surface area contributed by atoms with Gasteiger partial charge >= 0.3 is 0 Å². The van der Waals surface area contributed by atoms with E-state index in [-0.39, 0.29) is 11.9 Å². The molecule has 96 valence electrons. The molecule has 0 aliphatic heterocycles. The maximum atomic E-state index is 11.8. The van der Waals surface area contributed by atoms with E-state index < -0.39 is 0 Å². The number of para-hydroxylation sites is 1. The average molecular weight is 310 g/mol. The van der Waals surface area contributed by atoms with Crippen LogP contribution in [0.5, 0.6) is 0 Å². The number of alkyl halides is 1. The van der Waals surface area contributed by atoms with Crippen LogP contribution in [-0.4, -0.2) is 23.2 Å². The Morgan fingerprint density at radius 1 is 1.44 bits per heavy atom. The minimum absolute atomic E-state index is 0.0519. The quantitative estimate of drug-likeness (QED) is 0.806. The number of furan rings is 1. The standard InChI is InChI=1S/C14H16BrNO2/c1-10(16(2)14(17)7-8-15)13-9-11-5-3-4-6-12(11)18-13/h3-6,9-10H,7-8H2,1-2H3. The van der Waals surface area contributed by atoms with Crippen molar-refractivity contribution in [1.29, 1.82) is 0 Å². The molecule has 0 bridgehead atoms. The Morgan fingerprint density at radius 3 is 2.83 bits per heavy atom. The number of carbonyl (C=O) groups excluding carboxylic acids is 1. The molecule has 1 unspecified atom stereocenters. The smallest absolute Gasteiger partial charge is 0.223 e. The Kier molecular flexibility index (Phi) is 4.07. The van der Waals surface area contributed by atoms with E-state index in [0.29, 0.717) is 11.8 Å². The number of carbonyl (C=O) groups is 1. The molecule has 0 spiro atoms. The first kappa shape index (κ1) is 13.1. The molecule has 2 rings (SSSR count). The normalized spacial score (nSPS) is 12.6. The van der Waals surface area contributed by atoms with Crippen molar-refractivity contribution in [3.8, 4) is 0 Å². The molecule has 0 radical (unpaired) electrons. The van der Waals surface area contributed by atoms with Crippen LogP contribution in [0.1, 0.15) is 25.1 Å². The average Bonchev–Trinajstić information content (AvgIpc) is 2.81. The molecule has 1 heterocycles. The van der Waals surface area contributed by atoms with Crippen molar-refractivity contribution in [3.63, 3.8) is 0 Å². The summed E-state index contributed by atoms with van der Waals surface area (Å²) in [5.41, 5.74) is 0.862. The summed E-state index contributed by atoms with van der Waals surface area (Å²) in [5, 5.41) is 1.75. The van der Waals surface area contributed by atoms with Gasteiger partial charge in [0.15, 0.2) is 0 Å². The molecule has 1 amide bonds. The van der Waals surface area contributed by atoms with Crippen LogP contribution in [-0.2, 0) is 4.79 Å². The van der Waals surface area contributed by atoms with E-state index in [2.05, 4.69) is 15.9 Å². The van der Waals surface area contributed by atoms with E-state index in [0.717, 1.165) is 16.7 Å². The summed E-state index contributed by atoms with van der Waals surface area (Å²) in [7, 11) is 1.81. The Labute approximate surface area is 115 Å². The van der Waals surface area contributed by atoms with Gasteiger partial charge in [-0.25, -0.2) is 0 Å². The molecular formula is C14H16BrNO2. The summed E-state index contributed by atoms with van der Waals surface area (Å²) in [6, 6.07) is 9.81. The van der Waals surface area contributed by atoms with E-state index in [4.69, 9.17) is 4.42 Å². The Hall–Kier alpha value is -1.29. The second-order valence-corrected chi connectivity index (χ2v) is 5.10. The number of halogens is 1. The van der Waals surface area contributed by atoms with E-state index in [1.54, 1.807) is 4.90 Å². The molecule has 0 saturated heterocycles. The van der Waals surface area contributed by atoms with Gasteiger partial charge in [-0.2, -0.15) is 0 Å². The first-order chi connectivity index (χ1) is 8.63. The maximum absolute atomic E-state index is 11.8. The number of rotatable bonds is 4. The molecule has 2 aromatic rings. The monoisotopic (exact) mass is 309 g/mol. The fourth-order valence-electron chi connectivity index (χ4n) is 1.87. The van der Waals surface area contributed by atoms with Crippen molar-refractivity contribution in [2.75, 3.05) is 12.4 Å². The highest BCUT2D eigenvalue weighted by Gasteiger charge is 2.19. The minimum Gasteiger partial charge on any atom is -0.459 e. The fourth-order valence-corrected chi connectivity index (χ4v) is 2.21. The van der Waals surface area contributed by atoms with Gasteiger partial charge in [-0.05, 0) is 19.1 Å². The van der Waals surface area contributed by atoms with E-state index >= 15 is 0 Å². The zero-order valence-corrected chi connectivity index (χ0v) is 12.1. The number of nitrogens with zero attached hydrogens (tertiary/aromatic N) is 1. The first-order valence-electron chi connectivity index (χ1n) is 5.93. The maximum Gasteiger partial charge on any atom is 0.223 e. The Balaban J connectivity index is 2.22. The van der Waals surface area contributed by atoms with Gasteiger partial charge in [-0.3, -0.25) is 4.79 Å². The number of hydrogen-bond acceptors (Lipinski definition) is 2. The van der Waals surface area contributed by atoms with Crippen LogP contribution in [0.15, 0.2) is 34.7 Å². The lowest BCUT2D eigenvalue weighted by atomic mass is 10.2. The SMILES string of the molecule is CC(c1cc2ccccc2o1)N(C)C(=O)CCBr. The van der Waals surface area contributed by atoms with Crippen LogP contribution in [0.2, 0.25) is 0 Å². The molecule has 0 fully saturated rings. The van der Waals surface area contributed by atoms with Crippen LogP contribution < -0.4 is 0 Å². The van der Waals surface area contributed by atoms with Crippen molar-refractivity contribution in [3.05, 3.63) is 36.1 Å². The fraction of sp³-hybridized carbons (Fsp3) is 0.357. The molecule has 1 aromatic carbocycles. The number of fused-ring (bicyclic) bond motifs is 1. The predicted octanol–water partition coefficient (Wildman–Crippen LogP) is 3.74. The second-order valence-electron chi connectivity index (χ2n) is 4.31. The lowest BCUT2D eigenvalue weighted by Crippen LogP contribution is -2.29. The molecule has 1 atom stereocenters. The summed E-state index contributed by atoms with van der Waals surface area (Å²) < 4.78 is 5.77. The summed E-state index contributed by atoms with van der Waals surface area (Å²) in [6.45, 7) is 1.98. The van der Waals surface area contributed by atoms with E-state index in [1.807, 2.05) is 44.3 Å². The molecule has 18 heavy (non-hydrogen) atoms. The zero-order valence-electron chi connectivity index (χ0n) is 10.5. The van der Waals surface area contributed by atoms with Gasteiger partial charge in [0.05, 0.1) is 6.04 Å². The number of benzene rings is 1. The second kappa shape index (κ2) is 5.57. The van der Waals surface area contributed by atoms with E-state index in [9.17, 15) is 4.79 Å². The van der Waals surface area contributed by atoms with Gasteiger partial charge in [0, 0.05) is 24.2 Å². The summed E-state index contributed by atoms with van der Waals surface area (Å²) in [4.78, 5) is 13.5. The third-order valence-corrected chi connectivity index (χ3v) is 3.54. The highest BCUT2D eigenvalue weighted by atomic mass is 79.9. The first-order valence-corrected chi connectivity index (χ1v) is 7.05. The van der Waals surface area contributed by atoms with Gasteiger partial charge in [0.2, 0.25) is 5.91 Å². The Morgan fingerprint density at radius 2 is 2.17 bits per heavy atom. The van der Waals surface area contributed by atoms with E-state index in [1.165, 1.54) is 0 Å². The van der Waals surface area contributed by atoms with Crippen molar-refractivity contribution in [1.82, 2.24) is 4.90 Å². The van der Waals surface area contributed by atoms with Gasteiger partial charge in [-0.1, -0.05) is 34.1 Å². The van der Waals surface area contributed by atoms with Gasteiger partial charge in [0.25, 0.3) is 0 Å². The lowest BCUT2D eigenvalue weighted by molar-refractivity contribution is -0.131. The van der Waals surface area contributed by atoms with Crippen molar-refractivity contribution in [2.24, 2.45) is 0 Å². The summed E-state index contributed by atoms with van der Waals surface area (Å²) >= 11 is 3.28. The van der Waals surface area contributed by atoms with Crippen LogP contribution in [0.25, 0.3) is 11.0 Å². The molecule has 3 nitrogen and oxygen atoms in total. The number of hydrogen-bond donors (Lipinski definition) is 0. The van der Waals surface area contributed by atoms with Crippen LogP contribution >= 0.6 is 15.9 Å². The third kappa shape index (κ3) is 2.58. The highest BCUT2D eigenvalue weighted by molar-refractivity contribution is 9.09. The van der Waals surface area contributed by atoms with Crippen LogP contribution in [0.4, 0.5) is 0 Å². The highest BCUT2D eigenvalue weighted by Crippen LogP contribution is 2.26. The lowest BCUT2D eigenvalue weighted by Gasteiger charge is -2.22. The Bertz CT molecular complexity index is 516. The van der Waals surface area contributed by atoms with Crippen molar-refractivity contribution >= 4 is 32.8 Å². The molecule has 4 heteroatoms. The topological polar surface area (TPSA) is 33.5 Å². The summed E-state index contributed by atoms with van der Waals surface area (Å²) in [6.07, 6.45) is 0.501. The molecule has 0 aliphatic carbocycles. The van der Waals surface area contributed by atoms with Gasteiger partial charge in [0.1, 0.15) is 11.3 Å². The summed E-state index contributed by atoms with van der Waals surface area (Å²) in [5.74, 6) is 0.932. The van der Waals surface area contributed by atoms with Crippen LogP contribution in [0, 0.1) is 0 Å². The van der Waals surface area contributed by atoms with Crippen LogP contribution in [0.3, 0.4) is 0 Å². The largest absolute Gasteiger partial charge is 0.459 e. The van der Waals surface area contributed by atoms with Gasteiger partial charge in [-0.15, -0.1) is 0 Å². The molecule has 1 aromatic heterocycles. The minimum atomic E-state index is -0.0519. The molecule has 0 N–H and O–H groups in total. The van der Waals surface area contributed by atoms with Gasteiger partial charge < -0.3 is 9.32 Å². The third-order valence-electron chi connectivity index (χ3n) is 3.14. The van der Waals surface area contributed by atoms with Crippen molar-refractivity contribution < 1.29 is 9.21 Å². The zero-order chi connectivity index (χ0) is 13.1. The predicted molar refractivity (Wildman–Crippen MR) is 75.8 cm³/mol. The molecular weight excluding hydrogens is 294 g/mol. The molecule has 0 saturated carbocycles.